The van der Waals surface area contributed by atoms with Crippen molar-refractivity contribution in [2.75, 3.05) is 26.3 Å². The molecule has 0 amide bonds. The number of nitrogens with zero attached hydrogens (tertiary/aromatic N) is 1. The third-order valence-electron chi connectivity index (χ3n) is 3.56. The molecule has 1 unspecified atom stereocenters. The smallest absolute Gasteiger partial charge is 0.0976 e. The van der Waals surface area contributed by atoms with E-state index >= 15 is 0 Å². The molecular formula is C13H21NO2S. The second-order valence-electron chi connectivity index (χ2n) is 5.15. The fourth-order valence-corrected chi connectivity index (χ4v) is 3.05. The summed E-state index contributed by atoms with van der Waals surface area (Å²) in [5.41, 5.74) is 0.793. The van der Waals surface area contributed by atoms with Crippen LogP contribution in [0, 0.1) is 6.92 Å². The van der Waals surface area contributed by atoms with Crippen molar-refractivity contribution >= 4 is 11.3 Å². The molecule has 1 aliphatic rings. The summed E-state index contributed by atoms with van der Waals surface area (Å²) in [4.78, 5) is 3.56. The molecule has 0 radical (unpaired) electrons. The first kappa shape index (κ1) is 13.0. The molecule has 96 valence electrons. The number of hydrogen-bond donors (Lipinski definition) is 1. The van der Waals surface area contributed by atoms with Crippen molar-refractivity contribution < 1.29 is 9.84 Å². The Balaban J connectivity index is 2.13. The first-order valence-corrected chi connectivity index (χ1v) is 6.95. The predicted octanol–water partition coefficient (Wildman–Crippen LogP) is 2.20. The van der Waals surface area contributed by atoms with Gasteiger partial charge in [0.2, 0.25) is 0 Å². The van der Waals surface area contributed by atoms with Crippen LogP contribution in [0.25, 0.3) is 0 Å². The van der Waals surface area contributed by atoms with Crippen molar-refractivity contribution in [3.05, 3.63) is 21.9 Å². The maximum atomic E-state index is 10.5. The van der Waals surface area contributed by atoms with Gasteiger partial charge in [0.25, 0.3) is 0 Å². The number of morpholine rings is 1. The number of aliphatic hydroxyl groups is 1. The van der Waals surface area contributed by atoms with Crippen LogP contribution in [0.1, 0.15) is 30.4 Å². The molecule has 0 bridgehead atoms. The Hall–Kier alpha value is -0.420. The van der Waals surface area contributed by atoms with E-state index in [2.05, 4.69) is 37.1 Å². The Kier molecular flexibility index (Phi) is 3.88. The van der Waals surface area contributed by atoms with Gasteiger partial charge in [0.1, 0.15) is 0 Å². The Morgan fingerprint density at radius 3 is 2.59 bits per heavy atom. The van der Waals surface area contributed by atoms with E-state index in [4.69, 9.17) is 4.74 Å². The van der Waals surface area contributed by atoms with Gasteiger partial charge in [-0.05, 0) is 37.8 Å². The highest BCUT2D eigenvalue weighted by Gasteiger charge is 2.36. The SMILES string of the molecule is Cc1cc(C(O)C(C)(C)N2CCOCC2)cs1. The van der Waals surface area contributed by atoms with Gasteiger partial charge in [-0.1, -0.05) is 0 Å². The average Bonchev–Trinajstić information content (AvgIpc) is 2.76. The van der Waals surface area contributed by atoms with Crippen LogP contribution in [0.5, 0.6) is 0 Å². The summed E-state index contributed by atoms with van der Waals surface area (Å²) in [7, 11) is 0. The molecular weight excluding hydrogens is 234 g/mol. The van der Waals surface area contributed by atoms with E-state index < -0.39 is 6.10 Å². The summed E-state index contributed by atoms with van der Waals surface area (Å²) >= 11 is 1.69. The second kappa shape index (κ2) is 5.06. The maximum absolute atomic E-state index is 10.5. The summed E-state index contributed by atoms with van der Waals surface area (Å²) in [6.45, 7) is 9.60. The number of aliphatic hydroxyl groups excluding tert-OH is 1. The Labute approximate surface area is 107 Å². The molecule has 0 spiro atoms. The van der Waals surface area contributed by atoms with Crippen LogP contribution in [0.4, 0.5) is 0 Å². The highest BCUT2D eigenvalue weighted by molar-refractivity contribution is 7.10. The molecule has 1 aliphatic heterocycles. The summed E-state index contributed by atoms with van der Waals surface area (Å²) in [5.74, 6) is 0. The first-order valence-electron chi connectivity index (χ1n) is 6.07. The van der Waals surface area contributed by atoms with Gasteiger partial charge >= 0.3 is 0 Å². The fraction of sp³-hybridized carbons (Fsp3) is 0.692. The molecule has 0 saturated carbocycles. The summed E-state index contributed by atoms with van der Waals surface area (Å²) in [6.07, 6.45) is -0.439. The minimum Gasteiger partial charge on any atom is -0.386 e. The molecule has 17 heavy (non-hydrogen) atoms. The van der Waals surface area contributed by atoms with Crippen molar-refractivity contribution in [1.82, 2.24) is 4.90 Å². The third-order valence-corrected chi connectivity index (χ3v) is 4.44. The fourth-order valence-electron chi connectivity index (χ4n) is 2.33. The molecule has 1 fully saturated rings. The van der Waals surface area contributed by atoms with Crippen LogP contribution in [0.15, 0.2) is 11.4 Å². The first-order chi connectivity index (χ1) is 8.01. The van der Waals surface area contributed by atoms with Gasteiger partial charge in [0.15, 0.2) is 0 Å². The predicted molar refractivity (Wildman–Crippen MR) is 70.5 cm³/mol. The number of thiophene rings is 1. The molecule has 4 heteroatoms. The van der Waals surface area contributed by atoms with E-state index in [-0.39, 0.29) is 5.54 Å². The standard InChI is InChI=1S/C13H21NO2S/c1-10-8-11(9-17-10)12(15)13(2,3)14-4-6-16-7-5-14/h8-9,12,15H,4-7H2,1-3H3. The van der Waals surface area contributed by atoms with E-state index in [1.54, 1.807) is 11.3 Å². The summed E-state index contributed by atoms with van der Waals surface area (Å²) in [5, 5.41) is 12.6. The highest BCUT2D eigenvalue weighted by Crippen LogP contribution is 2.33. The summed E-state index contributed by atoms with van der Waals surface area (Å²) in [6, 6.07) is 2.08. The molecule has 0 aromatic carbocycles. The molecule has 2 heterocycles. The zero-order valence-electron chi connectivity index (χ0n) is 10.8. The molecule has 1 atom stereocenters. The Bertz CT molecular complexity index is 369. The van der Waals surface area contributed by atoms with Gasteiger partial charge in [-0.25, -0.2) is 0 Å². The van der Waals surface area contributed by atoms with Crippen LogP contribution < -0.4 is 0 Å². The molecule has 2 rings (SSSR count). The van der Waals surface area contributed by atoms with E-state index in [1.165, 1.54) is 4.88 Å². The van der Waals surface area contributed by atoms with E-state index in [0.717, 1.165) is 31.9 Å². The second-order valence-corrected chi connectivity index (χ2v) is 6.26. The Morgan fingerprint density at radius 1 is 1.41 bits per heavy atom. The number of aryl methyl sites for hydroxylation is 1. The normalized spacial score (nSPS) is 20.5. The minimum absolute atomic E-state index is 0.239. The number of rotatable bonds is 3. The number of hydrogen-bond acceptors (Lipinski definition) is 4. The average molecular weight is 255 g/mol. The van der Waals surface area contributed by atoms with Crippen LogP contribution in [-0.4, -0.2) is 41.8 Å². The molecule has 1 saturated heterocycles. The van der Waals surface area contributed by atoms with Gasteiger partial charge in [-0.15, -0.1) is 11.3 Å². The van der Waals surface area contributed by atoms with Gasteiger partial charge in [-0.3, -0.25) is 4.90 Å². The van der Waals surface area contributed by atoms with Gasteiger partial charge in [0.05, 0.1) is 19.3 Å². The monoisotopic (exact) mass is 255 g/mol. The van der Waals surface area contributed by atoms with Crippen molar-refractivity contribution in [1.29, 1.82) is 0 Å². The van der Waals surface area contributed by atoms with Crippen LogP contribution in [-0.2, 0) is 4.74 Å². The molecule has 1 N–H and O–H groups in total. The largest absolute Gasteiger partial charge is 0.386 e. The maximum Gasteiger partial charge on any atom is 0.0976 e. The van der Waals surface area contributed by atoms with E-state index in [9.17, 15) is 5.11 Å². The van der Waals surface area contributed by atoms with Crippen LogP contribution >= 0.6 is 11.3 Å². The lowest BCUT2D eigenvalue weighted by molar-refractivity contribution is -0.0629. The van der Waals surface area contributed by atoms with Crippen molar-refractivity contribution in [2.24, 2.45) is 0 Å². The van der Waals surface area contributed by atoms with Crippen molar-refractivity contribution in [2.45, 2.75) is 32.4 Å². The zero-order valence-corrected chi connectivity index (χ0v) is 11.6. The van der Waals surface area contributed by atoms with Crippen LogP contribution in [0.2, 0.25) is 0 Å². The van der Waals surface area contributed by atoms with Crippen molar-refractivity contribution in [3.63, 3.8) is 0 Å². The molecule has 1 aromatic heterocycles. The van der Waals surface area contributed by atoms with E-state index in [0.29, 0.717) is 0 Å². The third kappa shape index (κ3) is 2.71. The van der Waals surface area contributed by atoms with Gasteiger partial charge in [-0.2, -0.15) is 0 Å². The van der Waals surface area contributed by atoms with Crippen LogP contribution in [0.3, 0.4) is 0 Å². The lowest BCUT2D eigenvalue weighted by Gasteiger charge is -2.43. The highest BCUT2D eigenvalue weighted by atomic mass is 32.1. The number of ether oxygens (including phenoxy) is 1. The molecule has 0 aliphatic carbocycles. The zero-order chi connectivity index (χ0) is 12.5. The lowest BCUT2D eigenvalue weighted by Crippen LogP contribution is -2.53. The van der Waals surface area contributed by atoms with Gasteiger partial charge < -0.3 is 9.84 Å². The van der Waals surface area contributed by atoms with Gasteiger partial charge in [0, 0.05) is 23.5 Å². The Morgan fingerprint density at radius 2 is 2.06 bits per heavy atom. The quantitative estimate of drug-likeness (QED) is 0.899. The van der Waals surface area contributed by atoms with Crippen molar-refractivity contribution in [3.8, 4) is 0 Å². The van der Waals surface area contributed by atoms with E-state index in [1.807, 2.05) is 0 Å². The lowest BCUT2D eigenvalue weighted by atomic mass is 9.90. The summed E-state index contributed by atoms with van der Waals surface area (Å²) < 4.78 is 5.36. The molecule has 1 aromatic rings. The topological polar surface area (TPSA) is 32.7 Å². The molecule has 3 nitrogen and oxygen atoms in total. The minimum atomic E-state index is -0.439.